The van der Waals surface area contributed by atoms with Gasteiger partial charge in [0, 0.05) is 10.7 Å². The smallest absolute Gasteiger partial charge is 0.344 e. The fraction of sp³-hybridized carbons (Fsp3) is 0.263. The highest BCUT2D eigenvalue weighted by atomic mass is 35.5. The molecule has 25 heavy (non-hydrogen) atoms. The maximum absolute atomic E-state index is 12.1. The molecule has 0 bridgehead atoms. The minimum absolute atomic E-state index is 0.287. The molecule has 6 heteroatoms. The molecule has 0 aliphatic rings. The van der Waals surface area contributed by atoms with Crippen molar-refractivity contribution in [3.05, 3.63) is 58.6 Å². The third-order valence-electron chi connectivity index (χ3n) is 3.45. The van der Waals surface area contributed by atoms with Crippen LogP contribution in [0, 0.1) is 13.8 Å². The first kappa shape index (κ1) is 18.8. The van der Waals surface area contributed by atoms with E-state index < -0.39 is 18.0 Å². The number of hydrogen-bond donors (Lipinski definition) is 1. The number of amides is 1. The molecule has 0 aliphatic carbocycles. The Morgan fingerprint density at radius 2 is 1.92 bits per heavy atom. The number of esters is 1. The van der Waals surface area contributed by atoms with E-state index in [1.165, 1.54) is 6.92 Å². The van der Waals surface area contributed by atoms with Crippen molar-refractivity contribution in [1.29, 1.82) is 0 Å². The molecule has 1 atom stereocenters. The fourth-order valence-electron chi connectivity index (χ4n) is 2.16. The Kier molecular flexibility index (Phi) is 6.42. The van der Waals surface area contributed by atoms with Crippen LogP contribution in [-0.4, -0.2) is 24.6 Å². The molecular weight excluding hydrogens is 342 g/mol. The second kappa shape index (κ2) is 8.53. The van der Waals surface area contributed by atoms with E-state index in [0.717, 1.165) is 11.1 Å². The summed E-state index contributed by atoms with van der Waals surface area (Å²) < 4.78 is 10.5. The van der Waals surface area contributed by atoms with Crippen molar-refractivity contribution in [2.45, 2.75) is 26.9 Å². The lowest BCUT2D eigenvalue weighted by Gasteiger charge is -2.14. The summed E-state index contributed by atoms with van der Waals surface area (Å²) in [4.78, 5) is 23.9. The van der Waals surface area contributed by atoms with E-state index in [4.69, 9.17) is 21.1 Å². The number of hydrogen-bond acceptors (Lipinski definition) is 4. The molecule has 0 saturated heterocycles. The molecule has 0 spiro atoms. The molecule has 0 fully saturated rings. The average Bonchev–Trinajstić information content (AvgIpc) is 2.54. The van der Waals surface area contributed by atoms with E-state index in [1.54, 1.807) is 24.3 Å². The average molecular weight is 362 g/mol. The molecular formula is C19H20ClNO4. The van der Waals surface area contributed by atoms with Crippen LogP contribution in [0.15, 0.2) is 42.5 Å². The topological polar surface area (TPSA) is 64.6 Å². The van der Waals surface area contributed by atoms with Crippen LogP contribution in [0.5, 0.6) is 5.75 Å². The van der Waals surface area contributed by atoms with Gasteiger partial charge in [-0.15, -0.1) is 0 Å². The van der Waals surface area contributed by atoms with Gasteiger partial charge in [0.1, 0.15) is 5.75 Å². The number of aryl methyl sites for hydroxylation is 2. The molecule has 1 amide bonds. The molecule has 2 aromatic carbocycles. The third-order valence-corrected chi connectivity index (χ3v) is 3.68. The van der Waals surface area contributed by atoms with E-state index in [0.29, 0.717) is 16.5 Å². The molecule has 2 aromatic rings. The van der Waals surface area contributed by atoms with Gasteiger partial charge in [0.15, 0.2) is 12.7 Å². The Morgan fingerprint density at radius 3 is 2.60 bits per heavy atom. The molecule has 0 radical (unpaired) electrons. The summed E-state index contributed by atoms with van der Waals surface area (Å²) in [5.74, 6) is -0.485. The van der Waals surface area contributed by atoms with Crippen LogP contribution in [0.25, 0.3) is 0 Å². The summed E-state index contributed by atoms with van der Waals surface area (Å²) in [7, 11) is 0. The minimum atomic E-state index is -0.928. The van der Waals surface area contributed by atoms with Crippen LogP contribution < -0.4 is 10.1 Å². The second-order valence-corrected chi connectivity index (χ2v) is 6.13. The Balaban J connectivity index is 1.83. The second-order valence-electron chi connectivity index (χ2n) is 5.69. The van der Waals surface area contributed by atoms with Gasteiger partial charge in [-0.1, -0.05) is 23.7 Å². The van der Waals surface area contributed by atoms with Gasteiger partial charge in [-0.2, -0.15) is 0 Å². The van der Waals surface area contributed by atoms with Crippen molar-refractivity contribution in [3.63, 3.8) is 0 Å². The number of ether oxygens (including phenoxy) is 2. The van der Waals surface area contributed by atoms with Crippen molar-refractivity contribution in [1.82, 2.24) is 0 Å². The van der Waals surface area contributed by atoms with E-state index in [9.17, 15) is 9.59 Å². The number of benzene rings is 2. The van der Waals surface area contributed by atoms with Gasteiger partial charge in [-0.05, 0) is 62.2 Å². The minimum Gasteiger partial charge on any atom is -0.482 e. The van der Waals surface area contributed by atoms with Crippen LogP contribution in [0.1, 0.15) is 18.1 Å². The molecule has 0 saturated carbocycles. The van der Waals surface area contributed by atoms with Crippen LogP contribution in [0.2, 0.25) is 5.02 Å². The van der Waals surface area contributed by atoms with Crippen molar-refractivity contribution >= 4 is 29.2 Å². The Morgan fingerprint density at radius 1 is 1.16 bits per heavy atom. The standard InChI is InChI=1S/C19H20ClNO4/c1-12-5-4-6-16(9-12)21-19(23)14(3)25-18(22)11-24-17-8-7-15(20)10-13(17)2/h4-10,14H,11H2,1-3H3,(H,21,23)/t14-/m0/s1. The zero-order valence-electron chi connectivity index (χ0n) is 14.3. The zero-order chi connectivity index (χ0) is 18.4. The van der Waals surface area contributed by atoms with Crippen LogP contribution in [0.4, 0.5) is 5.69 Å². The van der Waals surface area contributed by atoms with Gasteiger partial charge in [0.05, 0.1) is 0 Å². The predicted octanol–water partition coefficient (Wildman–Crippen LogP) is 3.91. The molecule has 2 rings (SSSR count). The predicted molar refractivity (Wildman–Crippen MR) is 97.0 cm³/mol. The Hall–Kier alpha value is -2.53. The molecule has 5 nitrogen and oxygen atoms in total. The van der Waals surface area contributed by atoms with Crippen LogP contribution >= 0.6 is 11.6 Å². The molecule has 0 heterocycles. The van der Waals surface area contributed by atoms with Crippen molar-refractivity contribution in [2.24, 2.45) is 0 Å². The largest absolute Gasteiger partial charge is 0.482 e. The van der Waals surface area contributed by atoms with E-state index >= 15 is 0 Å². The first-order valence-corrected chi connectivity index (χ1v) is 8.19. The highest BCUT2D eigenvalue weighted by molar-refractivity contribution is 6.30. The summed E-state index contributed by atoms with van der Waals surface area (Å²) in [6.45, 7) is 4.97. The van der Waals surface area contributed by atoms with E-state index in [-0.39, 0.29) is 6.61 Å². The van der Waals surface area contributed by atoms with E-state index in [2.05, 4.69) is 5.32 Å². The lowest BCUT2D eigenvalue weighted by Crippen LogP contribution is -2.31. The maximum Gasteiger partial charge on any atom is 0.344 e. The lowest BCUT2D eigenvalue weighted by molar-refractivity contribution is -0.155. The van der Waals surface area contributed by atoms with Gasteiger partial charge >= 0.3 is 5.97 Å². The molecule has 132 valence electrons. The van der Waals surface area contributed by atoms with Gasteiger partial charge in [-0.3, -0.25) is 4.79 Å². The number of carbonyl (C=O) groups excluding carboxylic acids is 2. The first-order chi connectivity index (χ1) is 11.8. The van der Waals surface area contributed by atoms with Gasteiger partial charge < -0.3 is 14.8 Å². The molecule has 0 aromatic heterocycles. The fourth-order valence-corrected chi connectivity index (χ4v) is 2.39. The summed E-state index contributed by atoms with van der Waals surface area (Å²) in [6, 6.07) is 12.5. The molecule has 0 unspecified atom stereocenters. The van der Waals surface area contributed by atoms with Gasteiger partial charge in [-0.25, -0.2) is 4.79 Å². The quantitative estimate of drug-likeness (QED) is 0.792. The highest BCUT2D eigenvalue weighted by Gasteiger charge is 2.18. The van der Waals surface area contributed by atoms with Gasteiger partial charge in [0.2, 0.25) is 0 Å². The zero-order valence-corrected chi connectivity index (χ0v) is 15.1. The highest BCUT2D eigenvalue weighted by Crippen LogP contribution is 2.21. The summed E-state index contributed by atoms with van der Waals surface area (Å²) in [5.41, 5.74) is 2.49. The Labute approximate surface area is 151 Å². The number of carbonyl (C=O) groups is 2. The Bertz CT molecular complexity index is 776. The lowest BCUT2D eigenvalue weighted by atomic mass is 10.2. The van der Waals surface area contributed by atoms with E-state index in [1.807, 2.05) is 32.0 Å². The third kappa shape index (κ3) is 5.80. The maximum atomic E-state index is 12.1. The van der Waals surface area contributed by atoms with Crippen molar-refractivity contribution < 1.29 is 19.1 Å². The number of halogens is 1. The van der Waals surface area contributed by atoms with Crippen LogP contribution in [-0.2, 0) is 14.3 Å². The van der Waals surface area contributed by atoms with Gasteiger partial charge in [0.25, 0.3) is 5.91 Å². The van der Waals surface area contributed by atoms with Crippen molar-refractivity contribution in [2.75, 3.05) is 11.9 Å². The van der Waals surface area contributed by atoms with Crippen molar-refractivity contribution in [3.8, 4) is 5.75 Å². The number of anilines is 1. The first-order valence-electron chi connectivity index (χ1n) is 7.81. The molecule has 1 N–H and O–H groups in total. The summed E-state index contributed by atoms with van der Waals surface area (Å²) in [5, 5.41) is 3.30. The summed E-state index contributed by atoms with van der Waals surface area (Å²) in [6.07, 6.45) is -0.928. The SMILES string of the molecule is Cc1cccc(NC(=O)[C@H](C)OC(=O)COc2ccc(Cl)cc2C)c1. The number of rotatable bonds is 6. The monoisotopic (exact) mass is 361 g/mol. The van der Waals surface area contributed by atoms with Crippen LogP contribution in [0.3, 0.4) is 0 Å². The summed E-state index contributed by atoms with van der Waals surface area (Å²) >= 11 is 5.87. The number of nitrogens with one attached hydrogen (secondary N) is 1. The normalized spacial score (nSPS) is 11.5. The molecule has 0 aliphatic heterocycles.